The first kappa shape index (κ1) is 9.40. The van der Waals surface area contributed by atoms with Crippen molar-refractivity contribution in [3.63, 3.8) is 0 Å². The van der Waals surface area contributed by atoms with E-state index in [1.807, 2.05) is 19.1 Å². The Morgan fingerprint density at radius 1 is 1.54 bits per heavy atom. The summed E-state index contributed by atoms with van der Waals surface area (Å²) >= 11 is 0. The van der Waals surface area contributed by atoms with Gasteiger partial charge in [0.25, 0.3) is 0 Å². The van der Waals surface area contributed by atoms with Gasteiger partial charge in [-0.3, -0.25) is 0 Å². The van der Waals surface area contributed by atoms with E-state index in [1.54, 1.807) is 6.07 Å². The van der Waals surface area contributed by atoms with Crippen molar-refractivity contribution in [1.29, 1.82) is 0 Å². The van der Waals surface area contributed by atoms with Crippen LogP contribution in [0.25, 0.3) is 0 Å². The highest BCUT2D eigenvalue weighted by molar-refractivity contribution is 5.42. The van der Waals surface area contributed by atoms with Crippen LogP contribution < -0.4 is 11.1 Å². The molecule has 3 nitrogen and oxygen atoms in total. The van der Waals surface area contributed by atoms with Gasteiger partial charge < -0.3 is 11.1 Å². The third-order valence-electron chi connectivity index (χ3n) is 1.50. The average Bonchev–Trinajstić information content (AvgIpc) is 2.13. The van der Waals surface area contributed by atoms with Crippen molar-refractivity contribution < 1.29 is 0 Å². The molecule has 13 heavy (non-hydrogen) atoms. The van der Waals surface area contributed by atoms with Gasteiger partial charge in [-0.05, 0) is 19.1 Å². The Kier molecular flexibility index (Phi) is 3.65. The minimum absolute atomic E-state index is 0.534. The van der Waals surface area contributed by atoms with Crippen molar-refractivity contribution in [2.75, 3.05) is 17.6 Å². The lowest BCUT2D eigenvalue weighted by Gasteiger charge is -2.02. The van der Waals surface area contributed by atoms with Crippen LogP contribution >= 0.6 is 0 Å². The molecule has 3 heteroatoms. The minimum Gasteiger partial charge on any atom is -0.384 e. The molecule has 0 bridgehead atoms. The van der Waals surface area contributed by atoms with E-state index in [0.717, 1.165) is 18.8 Å². The highest BCUT2D eigenvalue weighted by Gasteiger charge is 1.91. The van der Waals surface area contributed by atoms with Crippen LogP contribution in [-0.2, 0) is 0 Å². The first-order valence-electron chi connectivity index (χ1n) is 4.19. The van der Waals surface area contributed by atoms with Gasteiger partial charge in [-0.1, -0.05) is 6.07 Å². The first-order valence-corrected chi connectivity index (χ1v) is 4.19. The van der Waals surface area contributed by atoms with Gasteiger partial charge >= 0.3 is 0 Å². The largest absolute Gasteiger partial charge is 0.384 e. The monoisotopic (exact) mass is 175 g/mol. The second-order valence-electron chi connectivity index (χ2n) is 2.55. The van der Waals surface area contributed by atoms with Gasteiger partial charge in [0.15, 0.2) is 0 Å². The van der Waals surface area contributed by atoms with Crippen molar-refractivity contribution in [2.45, 2.75) is 13.3 Å². The number of nitrogen functional groups attached to an aromatic ring is 1. The van der Waals surface area contributed by atoms with E-state index in [1.165, 1.54) is 0 Å². The number of rotatable bonds is 3. The molecule has 0 radical (unpaired) electrons. The highest BCUT2D eigenvalue weighted by Crippen LogP contribution is 2.04. The van der Waals surface area contributed by atoms with Crippen molar-refractivity contribution in [1.82, 2.24) is 4.98 Å². The molecule has 0 amide bonds. The molecular formula is C10H13N3. The lowest BCUT2D eigenvalue weighted by atomic mass is 10.4. The fourth-order valence-corrected chi connectivity index (χ4v) is 0.928. The van der Waals surface area contributed by atoms with Gasteiger partial charge in [-0.25, -0.2) is 4.98 Å². The Balaban J connectivity index is 2.39. The van der Waals surface area contributed by atoms with E-state index in [0.29, 0.717) is 5.82 Å². The number of hydrogen-bond acceptors (Lipinski definition) is 3. The number of nitrogens with zero attached hydrogens (tertiary/aromatic N) is 1. The highest BCUT2D eigenvalue weighted by atomic mass is 15.0. The van der Waals surface area contributed by atoms with Crippen molar-refractivity contribution >= 4 is 11.6 Å². The quantitative estimate of drug-likeness (QED) is 0.540. The SMILES string of the molecule is CC#CCCNc1cccc(N)n1. The molecule has 0 fully saturated rings. The zero-order valence-corrected chi connectivity index (χ0v) is 7.67. The molecule has 0 aliphatic heterocycles. The van der Waals surface area contributed by atoms with Gasteiger partial charge in [0.2, 0.25) is 0 Å². The Morgan fingerprint density at radius 2 is 2.38 bits per heavy atom. The molecule has 1 aromatic heterocycles. The maximum atomic E-state index is 5.51. The fraction of sp³-hybridized carbons (Fsp3) is 0.300. The number of aromatic nitrogens is 1. The van der Waals surface area contributed by atoms with E-state index < -0.39 is 0 Å². The van der Waals surface area contributed by atoms with Gasteiger partial charge in [-0.15, -0.1) is 11.8 Å². The maximum Gasteiger partial charge on any atom is 0.128 e. The number of anilines is 2. The van der Waals surface area contributed by atoms with Gasteiger partial charge in [0.05, 0.1) is 0 Å². The number of nitrogens with one attached hydrogen (secondary N) is 1. The standard InChI is InChI=1S/C10H13N3/c1-2-3-4-8-12-10-7-5-6-9(11)13-10/h5-7H,4,8H2,1H3,(H3,11,12,13). The summed E-state index contributed by atoms with van der Waals surface area (Å²) in [6, 6.07) is 5.52. The molecule has 1 rings (SSSR count). The van der Waals surface area contributed by atoms with E-state index in [-0.39, 0.29) is 0 Å². The molecule has 1 aromatic rings. The molecule has 0 aliphatic carbocycles. The minimum atomic E-state index is 0.534. The average molecular weight is 175 g/mol. The number of pyridine rings is 1. The molecular weight excluding hydrogens is 162 g/mol. The molecule has 0 unspecified atom stereocenters. The van der Waals surface area contributed by atoms with E-state index in [9.17, 15) is 0 Å². The summed E-state index contributed by atoms with van der Waals surface area (Å²) in [4.78, 5) is 4.09. The van der Waals surface area contributed by atoms with Crippen LogP contribution in [0.4, 0.5) is 11.6 Å². The molecule has 0 aliphatic rings. The lowest BCUT2D eigenvalue weighted by molar-refractivity contribution is 1.07. The van der Waals surface area contributed by atoms with Crippen molar-refractivity contribution in [2.24, 2.45) is 0 Å². The van der Waals surface area contributed by atoms with Gasteiger partial charge in [0.1, 0.15) is 11.6 Å². The third-order valence-corrected chi connectivity index (χ3v) is 1.50. The van der Waals surface area contributed by atoms with E-state index >= 15 is 0 Å². The van der Waals surface area contributed by atoms with Crippen LogP contribution in [0.5, 0.6) is 0 Å². The van der Waals surface area contributed by atoms with Crippen LogP contribution in [-0.4, -0.2) is 11.5 Å². The Bertz CT molecular complexity index is 322. The van der Waals surface area contributed by atoms with Gasteiger partial charge in [-0.2, -0.15) is 0 Å². The topological polar surface area (TPSA) is 50.9 Å². The zero-order valence-electron chi connectivity index (χ0n) is 7.67. The summed E-state index contributed by atoms with van der Waals surface area (Å²) in [5.41, 5.74) is 5.51. The van der Waals surface area contributed by atoms with E-state index in [2.05, 4.69) is 22.1 Å². The summed E-state index contributed by atoms with van der Waals surface area (Å²) in [7, 11) is 0. The molecule has 3 N–H and O–H groups in total. The lowest BCUT2D eigenvalue weighted by Crippen LogP contribution is -2.03. The second-order valence-corrected chi connectivity index (χ2v) is 2.55. The fourth-order valence-electron chi connectivity index (χ4n) is 0.928. The summed E-state index contributed by atoms with van der Waals surface area (Å²) in [5.74, 6) is 7.13. The summed E-state index contributed by atoms with van der Waals surface area (Å²) in [6.45, 7) is 2.63. The predicted molar refractivity (Wildman–Crippen MR) is 55.2 cm³/mol. The van der Waals surface area contributed by atoms with E-state index in [4.69, 9.17) is 5.73 Å². The third kappa shape index (κ3) is 3.48. The van der Waals surface area contributed by atoms with Crippen LogP contribution in [0.2, 0.25) is 0 Å². The summed E-state index contributed by atoms with van der Waals surface area (Å²) < 4.78 is 0. The van der Waals surface area contributed by atoms with Crippen molar-refractivity contribution in [3.05, 3.63) is 18.2 Å². The Morgan fingerprint density at radius 3 is 3.08 bits per heavy atom. The van der Waals surface area contributed by atoms with Crippen LogP contribution in [0.3, 0.4) is 0 Å². The molecule has 1 heterocycles. The molecule has 0 spiro atoms. The molecule has 0 aromatic carbocycles. The van der Waals surface area contributed by atoms with Gasteiger partial charge in [0, 0.05) is 13.0 Å². The predicted octanol–water partition coefficient (Wildman–Crippen LogP) is 1.49. The first-order chi connectivity index (χ1) is 6.33. The zero-order chi connectivity index (χ0) is 9.52. The number of nitrogens with two attached hydrogens (primary N) is 1. The number of hydrogen-bond donors (Lipinski definition) is 2. The Hall–Kier alpha value is -1.69. The Labute approximate surface area is 78.4 Å². The van der Waals surface area contributed by atoms with Crippen LogP contribution in [0.15, 0.2) is 18.2 Å². The van der Waals surface area contributed by atoms with Crippen LogP contribution in [0, 0.1) is 11.8 Å². The van der Waals surface area contributed by atoms with Crippen LogP contribution in [0.1, 0.15) is 13.3 Å². The normalized spacial score (nSPS) is 8.69. The molecule has 0 saturated heterocycles. The molecule has 0 saturated carbocycles. The van der Waals surface area contributed by atoms with Crippen molar-refractivity contribution in [3.8, 4) is 11.8 Å². The summed E-state index contributed by atoms with van der Waals surface area (Å²) in [5, 5.41) is 3.13. The summed E-state index contributed by atoms with van der Waals surface area (Å²) in [6.07, 6.45) is 0.826. The molecule has 0 atom stereocenters. The second kappa shape index (κ2) is 5.04. The smallest absolute Gasteiger partial charge is 0.128 e. The molecule has 68 valence electrons. The maximum absolute atomic E-state index is 5.51.